The van der Waals surface area contributed by atoms with Gasteiger partial charge in [-0.15, -0.1) is 23.5 Å². The first-order chi connectivity index (χ1) is 31.3. The zero-order valence-corrected chi connectivity index (χ0v) is 42.4. The van der Waals surface area contributed by atoms with Crippen molar-refractivity contribution in [2.24, 2.45) is 10.9 Å². The van der Waals surface area contributed by atoms with Crippen molar-refractivity contribution in [3.05, 3.63) is 149 Å². The first-order valence-corrected chi connectivity index (χ1v) is 28.2. The molecule has 2 amide bonds. The highest BCUT2D eigenvalue weighted by molar-refractivity contribution is 8.14. The second kappa shape index (κ2) is 23.5. The van der Waals surface area contributed by atoms with Gasteiger partial charge in [-0.05, 0) is 86.7 Å². The van der Waals surface area contributed by atoms with Crippen LogP contribution in [-0.2, 0) is 39.9 Å². The van der Waals surface area contributed by atoms with E-state index in [1.807, 2.05) is 56.0 Å². The normalized spacial score (nSPS) is 16.3. The molecule has 0 spiro atoms. The molecule has 1 aliphatic heterocycles. The van der Waals surface area contributed by atoms with E-state index in [0.717, 1.165) is 28.3 Å². The van der Waals surface area contributed by atoms with Gasteiger partial charge in [-0.3, -0.25) is 19.6 Å². The summed E-state index contributed by atoms with van der Waals surface area (Å²) in [6.07, 6.45) is 4.35. The number of thioether (sulfide) groups is 2. The van der Waals surface area contributed by atoms with Gasteiger partial charge < -0.3 is 24.8 Å². The lowest BCUT2D eigenvalue weighted by Crippen LogP contribution is -2.53. The Morgan fingerprint density at radius 3 is 2.03 bits per heavy atom. The zero-order valence-electron chi connectivity index (χ0n) is 39.8. The Kier molecular flexibility index (Phi) is 18.5. The highest BCUT2D eigenvalue weighted by Crippen LogP contribution is 2.48. The van der Waals surface area contributed by atoms with Crippen molar-refractivity contribution in [2.45, 2.75) is 115 Å². The molecule has 3 atom stereocenters. The summed E-state index contributed by atoms with van der Waals surface area (Å²) in [6.45, 7) is 17.9. The smallest absolute Gasteiger partial charge is 0.407 e. The first-order valence-electron chi connectivity index (χ1n) is 22.6. The van der Waals surface area contributed by atoms with Gasteiger partial charge in [-0.25, -0.2) is 9.59 Å². The number of rotatable bonds is 21. The maximum atomic E-state index is 14.1. The second-order valence-electron chi connectivity index (χ2n) is 19.1. The molecule has 0 fully saturated rings. The Morgan fingerprint density at radius 1 is 0.894 bits per heavy atom. The number of hydrogen-bond donors (Lipinski definition) is 2. The van der Waals surface area contributed by atoms with Gasteiger partial charge in [0.1, 0.15) is 23.3 Å². The van der Waals surface area contributed by atoms with Gasteiger partial charge in [-0.2, -0.15) is 0 Å². The number of aromatic nitrogens is 1. The molecule has 66 heavy (non-hydrogen) atoms. The van der Waals surface area contributed by atoms with Crippen LogP contribution in [0.4, 0.5) is 4.79 Å². The maximum absolute atomic E-state index is 14.1. The first kappa shape index (κ1) is 51.8. The number of nitrogens with one attached hydrogen (secondary N) is 2. The van der Waals surface area contributed by atoms with Crippen LogP contribution in [0.5, 0.6) is 0 Å². The molecule has 0 bridgehead atoms. The van der Waals surface area contributed by atoms with E-state index in [1.165, 1.54) is 11.8 Å². The van der Waals surface area contributed by atoms with E-state index in [0.29, 0.717) is 35.3 Å². The van der Waals surface area contributed by atoms with Crippen molar-refractivity contribution in [3.8, 4) is 0 Å². The van der Waals surface area contributed by atoms with E-state index in [9.17, 15) is 19.2 Å². The number of esters is 2. The third-order valence-electron chi connectivity index (χ3n) is 10.7. The Bertz CT molecular complexity index is 2200. The molecule has 1 aliphatic rings. The van der Waals surface area contributed by atoms with Crippen LogP contribution >= 0.6 is 23.5 Å². The van der Waals surface area contributed by atoms with Crippen molar-refractivity contribution >= 4 is 60.6 Å². The van der Waals surface area contributed by atoms with Crippen molar-refractivity contribution in [3.63, 3.8) is 0 Å². The van der Waals surface area contributed by atoms with Crippen LogP contribution in [0.15, 0.2) is 126 Å². The van der Waals surface area contributed by atoms with Gasteiger partial charge in [0.05, 0.1) is 35.1 Å². The van der Waals surface area contributed by atoms with Gasteiger partial charge >= 0.3 is 18.0 Å². The van der Waals surface area contributed by atoms with Crippen LogP contribution in [0.3, 0.4) is 0 Å². The molecule has 3 aromatic carbocycles. The molecule has 352 valence electrons. The molecule has 4 aromatic rings. The summed E-state index contributed by atoms with van der Waals surface area (Å²) in [5.41, 5.74) is 3.02. The van der Waals surface area contributed by atoms with Crippen molar-refractivity contribution in [2.75, 3.05) is 18.1 Å². The lowest BCUT2D eigenvalue weighted by Gasteiger charge is -2.35. The summed E-state index contributed by atoms with van der Waals surface area (Å²) in [4.78, 5) is 62.8. The number of pyridine rings is 1. The standard InChI is InChI=1S/C52H66N4O7S2Si/c1-37(2)45(55-48(59)51(6)36-64-46(56-51)38-28-29-53-42(33-38)35-54-49(60)63-50(3,4)5)47(58)62-43(34-44(57)61-30-32-66(7,8)9)27-19-20-31-65-52(39-21-13-10-14-22-39,40-23-15-11-16-24-40)41-25-17-12-18-26-41/h10-19,21-29,33,37,43,45H,20,30-32,34-36H2,1-9H3,(H,54,60)(H,55,59)/b27-19+/t43?,45?,51-/m0/s1. The zero-order chi connectivity index (χ0) is 48.0. The molecule has 0 aliphatic carbocycles. The highest BCUT2D eigenvalue weighted by Gasteiger charge is 2.42. The number of allylic oxidation sites excluding steroid dienone is 1. The van der Waals surface area contributed by atoms with Crippen molar-refractivity contribution < 1.29 is 33.4 Å². The van der Waals surface area contributed by atoms with Crippen LogP contribution in [-0.4, -0.2) is 83.4 Å². The number of carbonyl (C=O) groups is 4. The predicted molar refractivity (Wildman–Crippen MR) is 271 cm³/mol. The molecule has 2 unspecified atom stereocenters. The number of aliphatic imine (C=N–C) groups is 1. The Morgan fingerprint density at radius 2 is 1.48 bits per heavy atom. The van der Waals surface area contributed by atoms with Crippen LogP contribution in [0, 0.1) is 5.92 Å². The van der Waals surface area contributed by atoms with Gasteiger partial charge in [0.25, 0.3) is 0 Å². The summed E-state index contributed by atoms with van der Waals surface area (Å²) < 4.78 is 16.6. The van der Waals surface area contributed by atoms with Crippen molar-refractivity contribution in [1.82, 2.24) is 15.6 Å². The number of alkyl carbamates (subject to hydrolysis) is 1. The molecule has 2 N–H and O–H groups in total. The SMILES string of the molecule is CC(C)C(NC(=O)[C@]1(C)CSC(c2ccnc(CNC(=O)OC(C)(C)C)c2)=N1)C(=O)OC(/C=C/CCSC(c1ccccc1)(c1ccccc1)c1ccccc1)CC(=O)OCC[Si](C)(C)C. The molecule has 0 saturated carbocycles. The topological polar surface area (TPSA) is 145 Å². The number of carbonyl (C=O) groups excluding carboxylic acids is 4. The summed E-state index contributed by atoms with van der Waals surface area (Å²) in [5, 5.41) is 6.30. The Balaban J connectivity index is 1.30. The monoisotopic (exact) mass is 950 g/mol. The van der Waals surface area contributed by atoms with E-state index >= 15 is 0 Å². The fourth-order valence-corrected chi connectivity index (χ4v) is 10.5. The molecule has 14 heteroatoms. The van der Waals surface area contributed by atoms with E-state index < -0.39 is 60.0 Å². The van der Waals surface area contributed by atoms with Crippen LogP contribution < -0.4 is 10.6 Å². The molecule has 0 radical (unpaired) electrons. The average molecular weight is 951 g/mol. The molecule has 2 heterocycles. The number of nitrogens with zero attached hydrogens (tertiary/aromatic N) is 2. The van der Waals surface area contributed by atoms with Gasteiger partial charge in [0.2, 0.25) is 5.91 Å². The Labute approximate surface area is 400 Å². The minimum atomic E-state index is -1.46. The average Bonchev–Trinajstić information content (AvgIpc) is 3.69. The molecule has 0 saturated heterocycles. The fourth-order valence-electron chi connectivity index (χ4n) is 7.10. The third kappa shape index (κ3) is 15.2. The second-order valence-corrected chi connectivity index (χ2v) is 27.0. The van der Waals surface area contributed by atoms with E-state index in [1.54, 1.807) is 46.0 Å². The van der Waals surface area contributed by atoms with Crippen LogP contribution in [0.1, 0.15) is 82.3 Å². The van der Waals surface area contributed by atoms with Crippen molar-refractivity contribution in [1.29, 1.82) is 0 Å². The number of amides is 2. The molecule has 11 nitrogen and oxygen atoms in total. The molecular formula is C52H66N4O7S2Si. The summed E-state index contributed by atoms with van der Waals surface area (Å²) >= 11 is 3.25. The quantitative estimate of drug-likeness (QED) is 0.0207. The van der Waals surface area contributed by atoms with Crippen LogP contribution in [0.2, 0.25) is 25.7 Å². The summed E-state index contributed by atoms with van der Waals surface area (Å²) in [5.74, 6) is -0.810. The van der Waals surface area contributed by atoms with Gasteiger partial charge in [0.15, 0.2) is 0 Å². The largest absolute Gasteiger partial charge is 0.466 e. The lowest BCUT2D eigenvalue weighted by molar-refractivity contribution is -0.156. The number of ether oxygens (including phenoxy) is 3. The summed E-state index contributed by atoms with van der Waals surface area (Å²) in [7, 11) is -1.46. The Hall–Kier alpha value is -5.18. The maximum Gasteiger partial charge on any atom is 0.407 e. The minimum absolute atomic E-state index is 0.152. The van der Waals surface area contributed by atoms with Gasteiger partial charge in [-0.1, -0.05) is 131 Å². The number of benzene rings is 3. The van der Waals surface area contributed by atoms with E-state index in [4.69, 9.17) is 19.2 Å². The number of hydrogen-bond acceptors (Lipinski definition) is 11. The van der Waals surface area contributed by atoms with Gasteiger partial charge in [0, 0.05) is 25.6 Å². The minimum Gasteiger partial charge on any atom is -0.466 e. The molecule has 5 rings (SSSR count). The fraction of sp³-hybridized carbons (Fsp3) is 0.423. The van der Waals surface area contributed by atoms with E-state index in [-0.39, 0.29) is 18.9 Å². The predicted octanol–water partition coefficient (Wildman–Crippen LogP) is 10.4. The highest BCUT2D eigenvalue weighted by atomic mass is 32.2. The summed E-state index contributed by atoms with van der Waals surface area (Å²) in [6, 6.07) is 34.9. The molecule has 1 aromatic heterocycles. The van der Waals surface area contributed by atoms with E-state index in [2.05, 4.69) is 108 Å². The lowest BCUT2D eigenvalue weighted by atomic mass is 9.84. The molecular weight excluding hydrogens is 885 g/mol. The third-order valence-corrected chi connectivity index (χ3v) is 15.2. The van der Waals surface area contributed by atoms with Crippen LogP contribution in [0.25, 0.3) is 0 Å².